The second kappa shape index (κ2) is 13.0. The Morgan fingerprint density at radius 1 is 0.500 bits per heavy atom. The lowest BCUT2D eigenvalue weighted by Gasteiger charge is -2.28. The molecule has 13 rings (SSSR count). The zero-order chi connectivity index (χ0) is 41.1. The average molecular weight is 801 g/mol. The number of fused-ring (bicyclic) bond motifs is 13. The number of pyridine rings is 3. The van der Waals surface area contributed by atoms with E-state index in [-0.39, 0.29) is 11.3 Å². The summed E-state index contributed by atoms with van der Waals surface area (Å²) >= 11 is 0. The van der Waals surface area contributed by atoms with Crippen LogP contribution < -0.4 is 4.90 Å². The monoisotopic (exact) mass is 800 g/mol. The Kier molecular flexibility index (Phi) is 7.29. The van der Waals surface area contributed by atoms with E-state index >= 15 is 0 Å². The first-order valence-electron chi connectivity index (χ1n) is 20.9. The van der Waals surface area contributed by atoms with E-state index in [0.29, 0.717) is 11.4 Å². The molecule has 0 saturated heterocycles. The van der Waals surface area contributed by atoms with Crippen molar-refractivity contribution in [2.24, 2.45) is 0 Å². The van der Waals surface area contributed by atoms with Crippen LogP contribution >= 0.6 is 0 Å². The topological polar surface area (TPSA) is 81.3 Å². The van der Waals surface area contributed by atoms with Gasteiger partial charge in [0.2, 0.25) is 11.4 Å². The molecule has 7 nitrogen and oxygen atoms in total. The fourth-order valence-electron chi connectivity index (χ4n) is 10.2. The number of hydrogen-bond donors (Lipinski definition) is 0. The van der Waals surface area contributed by atoms with Gasteiger partial charge in [-0.1, -0.05) is 111 Å². The first kappa shape index (κ1) is 34.8. The number of furan rings is 3. The summed E-state index contributed by atoms with van der Waals surface area (Å²) in [4.78, 5) is 16.2. The summed E-state index contributed by atoms with van der Waals surface area (Å²) in [6.07, 6.45) is 7.46. The van der Waals surface area contributed by atoms with E-state index in [1.807, 2.05) is 24.5 Å². The van der Waals surface area contributed by atoms with Gasteiger partial charge in [-0.2, -0.15) is 0 Å². The third kappa shape index (κ3) is 4.84. The fraction of sp³-hybridized carbons (Fsp3) is 0.0727. The molecule has 1 atom stereocenters. The molecule has 0 N–H and O–H groups in total. The van der Waals surface area contributed by atoms with Crippen LogP contribution in [0.15, 0.2) is 190 Å². The zero-order valence-electron chi connectivity index (χ0n) is 33.8. The second-order valence-corrected chi connectivity index (χ2v) is 16.7. The fourth-order valence-corrected chi connectivity index (χ4v) is 10.2. The van der Waals surface area contributed by atoms with Crippen LogP contribution in [-0.2, 0) is 5.41 Å². The van der Waals surface area contributed by atoms with E-state index < -0.39 is 0 Å². The van der Waals surface area contributed by atoms with Crippen LogP contribution in [-0.4, -0.2) is 15.0 Å². The Balaban J connectivity index is 1.16. The van der Waals surface area contributed by atoms with Crippen molar-refractivity contribution in [3.8, 4) is 11.1 Å². The van der Waals surface area contributed by atoms with Gasteiger partial charge in [-0.05, 0) is 76.9 Å². The molecule has 62 heavy (non-hydrogen) atoms. The first-order chi connectivity index (χ1) is 30.5. The van der Waals surface area contributed by atoms with Crippen molar-refractivity contribution >= 4 is 83.1 Å². The summed E-state index contributed by atoms with van der Waals surface area (Å²) < 4.78 is 20.9. The number of hydrogen-bond acceptors (Lipinski definition) is 7. The Bertz CT molecular complexity index is 3750. The molecule has 12 aromatic rings. The third-order valence-corrected chi connectivity index (χ3v) is 13.0. The molecule has 1 aliphatic carbocycles. The van der Waals surface area contributed by atoms with Gasteiger partial charge >= 0.3 is 0 Å². The Hall–Kier alpha value is -8.03. The lowest BCUT2D eigenvalue weighted by molar-refractivity contribution is 0.642. The highest BCUT2D eigenvalue weighted by Gasteiger charge is 2.40. The summed E-state index contributed by atoms with van der Waals surface area (Å²) in [5.41, 5.74) is 14.7. The van der Waals surface area contributed by atoms with E-state index in [1.54, 1.807) is 12.4 Å². The average Bonchev–Trinajstić information content (AvgIpc) is 4.07. The Morgan fingerprint density at radius 2 is 1.11 bits per heavy atom. The molecule has 294 valence electrons. The highest BCUT2D eigenvalue weighted by atomic mass is 16.3. The number of rotatable bonds is 6. The minimum Gasteiger partial charge on any atom is -0.455 e. The molecule has 7 heteroatoms. The standard InChI is InChI=1S/C55H36N4O3/c1-55(2)42-30-45(59(33-16-7-4-8-17-33)44-25-11-19-35-37-24-13-28-58-54(37)62-51(35)44)48-41-22-10-21-40(50(41)60-52(48)47(42)38-26-29-56-31-43(38)55)46(32-14-5-3-6-15-32)39-20-9-18-34-36-23-12-27-57-53(36)61-49(34)39/h3-31,46H,1-2H3. The van der Waals surface area contributed by atoms with Gasteiger partial charge in [-0.3, -0.25) is 4.98 Å². The van der Waals surface area contributed by atoms with Gasteiger partial charge in [0.1, 0.15) is 16.7 Å². The molecule has 1 unspecified atom stereocenters. The van der Waals surface area contributed by atoms with Gasteiger partial charge in [-0.15, -0.1) is 0 Å². The van der Waals surface area contributed by atoms with Crippen molar-refractivity contribution in [1.29, 1.82) is 0 Å². The van der Waals surface area contributed by atoms with Crippen LogP contribution in [0.1, 0.15) is 47.6 Å². The quantitative estimate of drug-likeness (QED) is 0.155. The van der Waals surface area contributed by atoms with Crippen LogP contribution in [0.3, 0.4) is 0 Å². The predicted octanol–water partition coefficient (Wildman–Crippen LogP) is 14.5. The van der Waals surface area contributed by atoms with Crippen LogP contribution in [0.5, 0.6) is 0 Å². The summed E-state index contributed by atoms with van der Waals surface area (Å²) in [6.45, 7) is 4.58. The summed E-state index contributed by atoms with van der Waals surface area (Å²) in [5.74, 6) is -0.240. The van der Waals surface area contributed by atoms with E-state index in [0.717, 1.165) is 105 Å². The molecule has 6 heterocycles. The molecule has 1 aliphatic rings. The lowest BCUT2D eigenvalue weighted by Crippen LogP contribution is -2.17. The first-order valence-corrected chi connectivity index (χ1v) is 20.9. The summed E-state index contributed by atoms with van der Waals surface area (Å²) in [7, 11) is 0. The van der Waals surface area contributed by atoms with Crippen molar-refractivity contribution in [2.75, 3.05) is 4.90 Å². The van der Waals surface area contributed by atoms with Crippen LogP contribution in [0.4, 0.5) is 17.1 Å². The highest BCUT2D eigenvalue weighted by Crippen LogP contribution is 2.57. The molecule has 0 aliphatic heterocycles. The SMILES string of the molecule is CC1(C)c2cnccc2-c2c1cc(N(c1ccccc1)c1cccc3c1oc1ncccc13)c1c2oc2c(C(c3ccccc3)c3cccc4c3oc3ncccc34)cccc21. The Morgan fingerprint density at radius 3 is 1.84 bits per heavy atom. The van der Waals surface area contributed by atoms with E-state index in [2.05, 4.69) is 173 Å². The summed E-state index contributed by atoms with van der Waals surface area (Å²) in [6, 6.07) is 53.2. The molecule has 0 saturated carbocycles. The van der Waals surface area contributed by atoms with Gasteiger partial charge in [0.25, 0.3) is 0 Å². The minimum atomic E-state index is -0.376. The predicted molar refractivity (Wildman–Crippen MR) is 248 cm³/mol. The molecule has 6 aromatic heterocycles. The molecule has 0 radical (unpaired) electrons. The van der Waals surface area contributed by atoms with Gasteiger partial charge in [0.15, 0.2) is 5.58 Å². The molecule has 6 aromatic carbocycles. The van der Waals surface area contributed by atoms with E-state index in [1.165, 1.54) is 5.56 Å². The third-order valence-electron chi connectivity index (χ3n) is 13.0. The van der Waals surface area contributed by atoms with Crippen molar-refractivity contribution in [3.05, 3.63) is 204 Å². The van der Waals surface area contributed by atoms with Crippen molar-refractivity contribution in [1.82, 2.24) is 15.0 Å². The van der Waals surface area contributed by atoms with Crippen LogP contribution in [0, 0.1) is 0 Å². The van der Waals surface area contributed by atoms with Gasteiger partial charge in [0.05, 0.1) is 16.8 Å². The number of benzene rings is 6. The van der Waals surface area contributed by atoms with Crippen LogP contribution in [0.25, 0.3) is 77.2 Å². The molecule has 0 spiro atoms. The number of aromatic nitrogens is 3. The number of para-hydroxylation sites is 4. The van der Waals surface area contributed by atoms with E-state index in [4.69, 9.17) is 13.3 Å². The minimum absolute atomic E-state index is 0.240. The van der Waals surface area contributed by atoms with Gasteiger partial charge in [0, 0.05) is 85.4 Å². The smallest absolute Gasteiger partial charge is 0.227 e. The second-order valence-electron chi connectivity index (χ2n) is 16.7. The van der Waals surface area contributed by atoms with Crippen molar-refractivity contribution in [2.45, 2.75) is 25.2 Å². The van der Waals surface area contributed by atoms with Crippen LogP contribution in [0.2, 0.25) is 0 Å². The maximum atomic E-state index is 7.55. The Labute approximate surface area is 355 Å². The molecular weight excluding hydrogens is 765 g/mol. The zero-order valence-corrected chi connectivity index (χ0v) is 33.8. The summed E-state index contributed by atoms with van der Waals surface area (Å²) in [5, 5.41) is 6.02. The molecule has 0 amide bonds. The maximum absolute atomic E-state index is 7.55. The highest BCUT2D eigenvalue weighted by molar-refractivity contribution is 6.20. The van der Waals surface area contributed by atoms with E-state index in [9.17, 15) is 0 Å². The van der Waals surface area contributed by atoms with Crippen molar-refractivity contribution < 1.29 is 13.3 Å². The van der Waals surface area contributed by atoms with Crippen molar-refractivity contribution in [3.63, 3.8) is 0 Å². The molecule has 0 fully saturated rings. The van der Waals surface area contributed by atoms with Gasteiger partial charge < -0.3 is 18.2 Å². The molecule has 0 bridgehead atoms. The van der Waals surface area contributed by atoms with Gasteiger partial charge in [-0.25, -0.2) is 9.97 Å². The lowest BCUT2D eigenvalue weighted by atomic mass is 9.82. The maximum Gasteiger partial charge on any atom is 0.227 e. The normalized spacial score (nSPS) is 13.7. The largest absolute Gasteiger partial charge is 0.455 e. The number of nitrogens with zero attached hydrogens (tertiary/aromatic N) is 4. The number of anilines is 3. The molecular formula is C55H36N4O3.